The van der Waals surface area contributed by atoms with Crippen LogP contribution in [0.1, 0.15) is 17.0 Å². The van der Waals surface area contributed by atoms with E-state index in [0.717, 1.165) is 27.1 Å². The maximum atomic E-state index is 13.3. The molecule has 1 N–H and O–H groups in total. The Labute approximate surface area is 203 Å². The number of benzene rings is 2. The van der Waals surface area contributed by atoms with Crippen molar-refractivity contribution in [2.75, 3.05) is 11.7 Å². The van der Waals surface area contributed by atoms with Crippen LogP contribution in [0.2, 0.25) is 0 Å². The van der Waals surface area contributed by atoms with Gasteiger partial charge in [0.25, 0.3) is 11.8 Å². The van der Waals surface area contributed by atoms with Gasteiger partial charge in [-0.3, -0.25) is 19.8 Å². The molecule has 1 saturated heterocycles. The van der Waals surface area contributed by atoms with Crippen molar-refractivity contribution in [1.82, 2.24) is 9.88 Å². The molecule has 5 rings (SSSR count). The smallest absolute Gasteiger partial charge is 0.270 e. The number of nitrogens with one attached hydrogen (secondary N) is 1. The van der Waals surface area contributed by atoms with Crippen molar-refractivity contribution >= 4 is 56.8 Å². The maximum absolute atomic E-state index is 13.3. The number of carbonyl (C=O) groups excluding carboxylic acids is 2. The summed E-state index contributed by atoms with van der Waals surface area (Å²) in [5.74, 6) is 0.391. The Morgan fingerprint density at radius 1 is 1.00 bits per heavy atom. The van der Waals surface area contributed by atoms with Crippen molar-refractivity contribution < 1.29 is 19.1 Å². The normalized spacial score (nSPS) is 16.5. The topological polar surface area (TPSA) is 72.8 Å². The fourth-order valence-electron chi connectivity index (χ4n) is 3.99. The van der Waals surface area contributed by atoms with Gasteiger partial charge in [-0.15, -0.1) is 0 Å². The van der Waals surface area contributed by atoms with Crippen molar-refractivity contribution in [3.8, 4) is 17.2 Å². The Hall–Kier alpha value is -3.43. The van der Waals surface area contributed by atoms with E-state index < -0.39 is 11.8 Å². The number of aromatic nitrogens is 1. The summed E-state index contributed by atoms with van der Waals surface area (Å²) in [5.41, 5.74) is 4.07. The summed E-state index contributed by atoms with van der Waals surface area (Å²) in [5, 5.41) is 2.68. The fourth-order valence-corrected chi connectivity index (χ4v) is 4.54. The lowest BCUT2D eigenvalue weighted by molar-refractivity contribution is -0.122. The minimum Gasteiger partial charge on any atom is -0.454 e. The zero-order valence-electron chi connectivity index (χ0n) is 17.7. The van der Waals surface area contributed by atoms with Gasteiger partial charge >= 0.3 is 0 Å². The lowest BCUT2D eigenvalue weighted by atomic mass is 10.1. The number of rotatable bonds is 3. The molecule has 1 aromatic heterocycles. The predicted octanol–water partition coefficient (Wildman–Crippen LogP) is 4.42. The number of thiocarbonyl (C=S) groups is 1. The van der Waals surface area contributed by atoms with Gasteiger partial charge in [0.05, 0.1) is 5.69 Å². The van der Waals surface area contributed by atoms with E-state index in [1.54, 1.807) is 18.2 Å². The van der Waals surface area contributed by atoms with E-state index >= 15 is 0 Å². The molecule has 166 valence electrons. The number of ether oxygens (including phenoxy) is 2. The van der Waals surface area contributed by atoms with Gasteiger partial charge in [-0.2, -0.15) is 0 Å². The van der Waals surface area contributed by atoms with Crippen molar-refractivity contribution in [3.05, 3.63) is 75.5 Å². The lowest BCUT2D eigenvalue weighted by Gasteiger charge is -2.29. The number of anilines is 1. The van der Waals surface area contributed by atoms with Crippen LogP contribution < -0.4 is 19.7 Å². The van der Waals surface area contributed by atoms with E-state index in [4.69, 9.17) is 21.7 Å². The molecule has 9 heteroatoms. The predicted molar refractivity (Wildman–Crippen MR) is 132 cm³/mol. The standard InChI is InChI=1S/C24H18BrN3O4S/c1-13-9-15(14(2)27(13)18-7-8-20-21(11-18)32-12-31-20)10-19-22(29)26-24(33)28(23(19)30)17-5-3-16(25)4-6-17/h3-11H,12H2,1-2H3,(H,26,29,33)/b19-10-. The second-order valence-electron chi connectivity index (χ2n) is 7.63. The SMILES string of the molecule is Cc1cc(/C=C2/C(=O)NC(=S)N(c3ccc(Br)cc3)C2=O)c(C)n1-c1ccc2c(c1)OCO2. The number of amides is 2. The van der Waals surface area contributed by atoms with Crippen molar-refractivity contribution in [2.45, 2.75) is 13.8 Å². The van der Waals surface area contributed by atoms with E-state index in [0.29, 0.717) is 17.2 Å². The van der Waals surface area contributed by atoms with E-state index in [9.17, 15) is 9.59 Å². The Balaban J connectivity index is 1.54. The monoisotopic (exact) mass is 523 g/mol. The maximum Gasteiger partial charge on any atom is 0.270 e. The van der Waals surface area contributed by atoms with E-state index in [-0.39, 0.29) is 17.5 Å². The number of halogens is 1. The van der Waals surface area contributed by atoms with Crippen LogP contribution in [-0.2, 0) is 9.59 Å². The number of nitrogens with zero attached hydrogens (tertiary/aromatic N) is 2. The van der Waals surface area contributed by atoms with Crippen LogP contribution >= 0.6 is 28.1 Å². The third-order valence-electron chi connectivity index (χ3n) is 5.57. The van der Waals surface area contributed by atoms with Gasteiger partial charge in [0, 0.05) is 27.6 Å². The molecule has 2 aromatic carbocycles. The molecule has 2 aliphatic heterocycles. The highest BCUT2D eigenvalue weighted by Gasteiger charge is 2.34. The third kappa shape index (κ3) is 3.73. The fraction of sp³-hybridized carbons (Fsp3) is 0.125. The minimum absolute atomic E-state index is 0.0115. The number of hydrogen-bond acceptors (Lipinski definition) is 5. The minimum atomic E-state index is -0.522. The van der Waals surface area contributed by atoms with Gasteiger partial charge < -0.3 is 14.0 Å². The van der Waals surface area contributed by atoms with Gasteiger partial charge in [-0.05, 0) is 80.2 Å². The molecule has 3 aromatic rings. The molecule has 2 amide bonds. The van der Waals surface area contributed by atoms with Crippen LogP contribution in [0.4, 0.5) is 5.69 Å². The average molecular weight is 524 g/mol. The Morgan fingerprint density at radius 2 is 1.70 bits per heavy atom. The number of hydrogen-bond donors (Lipinski definition) is 1. The lowest BCUT2D eigenvalue weighted by Crippen LogP contribution is -2.54. The molecule has 0 radical (unpaired) electrons. The zero-order chi connectivity index (χ0) is 23.3. The highest BCUT2D eigenvalue weighted by Crippen LogP contribution is 2.35. The second-order valence-corrected chi connectivity index (χ2v) is 8.94. The van der Waals surface area contributed by atoms with Crippen molar-refractivity contribution in [3.63, 3.8) is 0 Å². The summed E-state index contributed by atoms with van der Waals surface area (Å²) in [6, 6.07) is 14.8. The van der Waals surface area contributed by atoms with Crippen LogP contribution in [0.25, 0.3) is 11.8 Å². The zero-order valence-corrected chi connectivity index (χ0v) is 20.1. The van der Waals surface area contributed by atoms with Gasteiger partial charge in [0.15, 0.2) is 16.6 Å². The van der Waals surface area contributed by atoms with Crippen molar-refractivity contribution in [1.29, 1.82) is 0 Å². The summed E-state index contributed by atoms with van der Waals surface area (Å²) in [7, 11) is 0. The molecule has 33 heavy (non-hydrogen) atoms. The summed E-state index contributed by atoms with van der Waals surface area (Å²) in [6.07, 6.45) is 1.61. The highest BCUT2D eigenvalue weighted by atomic mass is 79.9. The first-order chi connectivity index (χ1) is 15.8. The molecule has 0 atom stereocenters. The van der Waals surface area contributed by atoms with Crippen LogP contribution in [0, 0.1) is 13.8 Å². The van der Waals surface area contributed by atoms with E-state index in [2.05, 4.69) is 21.2 Å². The van der Waals surface area contributed by atoms with E-state index in [1.165, 1.54) is 4.90 Å². The summed E-state index contributed by atoms with van der Waals surface area (Å²) in [6.45, 7) is 4.10. The molecule has 0 aliphatic carbocycles. The summed E-state index contributed by atoms with van der Waals surface area (Å²) >= 11 is 8.66. The van der Waals surface area contributed by atoms with Crippen LogP contribution in [-0.4, -0.2) is 28.3 Å². The van der Waals surface area contributed by atoms with Crippen molar-refractivity contribution in [2.24, 2.45) is 0 Å². The number of fused-ring (bicyclic) bond motifs is 1. The first-order valence-electron chi connectivity index (χ1n) is 10.1. The molecule has 7 nitrogen and oxygen atoms in total. The van der Waals surface area contributed by atoms with Crippen LogP contribution in [0.3, 0.4) is 0 Å². The molecule has 0 saturated carbocycles. The molecule has 1 fully saturated rings. The molecule has 2 aliphatic rings. The highest BCUT2D eigenvalue weighted by molar-refractivity contribution is 9.10. The van der Waals surface area contributed by atoms with Gasteiger partial charge in [-0.1, -0.05) is 15.9 Å². The molecule has 3 heterocycles. The molecule has 0 bridgehead atoms. The van der Waals surface area contributed by atoms with Gasteiger partial charge in [-0.25, -0.2) is 0 Å². The molecular formula is C24H18BrN3O4S. The van der Waals surface area contributed by atoms with Gasteiger partial charge in [0.2, 0.25) is 6.79 Å². The molecule has 0 unspecified atom stereocenters. The quantitative estimate of drug-likeness (QED) is 0.312. The van der Waals surface area contributed by atoms with Crippen LogP contribution in [0.5, 0.6) is 11.5 Å². The number of carbonyl (C=O) groups is 2. The Kier molecular flexibility index (Phi) is 5.30. The third-order valence-corrected chi connectivity index (χ3v) is 6.38. The summed E-state index contributed by atoms with van der Waals surface area (Å²) < 4.78 is 13.8. The van der Waals surface area contributed by atoms with Crippen LogP contribution in [0.15, 0.2) is 58.6 Å². The average Bonchev–Trinajstić information content (AvgIpc) is 3.35. The summed E-state index contributed by atoms with van der Waals surface area (Å²) in [4.78, 5) is 27.3. The molecule has 0 spiro atoms. The van der Waals surface area contributed by atoms with Gasteiger partial charge in [0.1, 0.15) is 5.57 Å². The first kappa shape index (κ1) is 21.4. The Morgan fingerprint density at radius 3 is 2.45 bits per heavy atom. The molecular weight excluding hydrogens is 506 g/mol. The Bertz CT molecular complexity index is 1360. The second kappa shape index (κ2) is 8.17. The first-order valence-corrected chi connectivity index (χ1v) is 11.3. The van der Waals surface area contributed by atoms with E-state index in [1.807, 2.05) is 54.8 Å². The largest absolute Gasteiger partial charge is 0.454 e. The number of aryl methyl sites for hydroxylation is 1.